The van der Waals surface area contributed by atoms with Crippen molar-refractivity contribution in [3.63, 3.8) is 0 Å². The SMILES string of the molecule is O=C1O[C@@H](COP(=O)(O)O)CN1c1ccc(I)c(F)c1. The second kappa shape index (κ2) is 5.94. The molecule has 7 nitrogen and oxygen atoms in total. The van der Waals surface area contributed by atoms with Gasteiger partial charge in [0.15, 0.2) is 0 Å². The normalized spacial score (nSPS) is 19.3. The van der Waals surface area contributed by atoms with Crippen molar-refractivity contribution in [3.8, 4) is 0 Å². The summed E-state index contributed by atoms with van der Waals surface area (Å²) in [5, 5.41) is 0. The van der Waals surface area contributed by atoms with E-state index in [2.05, 4.69) is 4.52 Å². The molecule has 0 saturated carbocycles. The van der Waals surface area contributed by atoms with Gasteiger partial charge in [-0.25, -0.2) is 13.8 Å². The maximum Gasteiger partial charge on any atom is 0.469 e. The number of nitrogens with zero attached hydrogens (tertiary/aromatic N) is 1. The number of cyclic esters (lactones) is 1. The van der Waals surface area contributed by atoms with Gasteiger partial charge in [0.25, 0.3) is 0 Å². The summed E-state index contributed by atoms with van der Waals surface area (Å²) in [6, 6.07) is 4.26. The number of rotatable bonds is 4. The molecule has 110 valence electrons. The average molecular weight is 417 g/mol. The van der Waals surface area contributed by atoms with Crippen LogP contribution in [-0.2, 0) is 13.8 Å². The molecular weight excluding hydrogens is 407 g/mol. The van der Waals surface area contributed by atoms with Crippen LogP contribution >= 0.6 is 30.4 Å². The number of phosphoric acid groups is 1. The minimum absolute atomic E-state index is 0.0267. The maximum atomic E-state index is 13.4. The molecule has 0 bridgehead atoms. The van der Waals surface area contributed by atoms with E-state index in [0.29, 0.717) is 9.26 Å². The van der Waals surface area contributed by atoms with E-state index < -0.39 is 32.4 Å². The Kier molecular flexibility index (Phi) is 4.65. The van der Waals surface area contributed by atoms with Crippen LogP contribution < -0.4 is 4.90 Å². The van der Waals surface area contributed by atoms with E-state index in [-0.39, 0.29) is 6.54 Å². The predicted octanol–water partition coefficient (Wildman–Crippen LogP) is 1.86. The van der Waals surface area contributed by atoms with Crippen molar-refractivity contribution in [2.75, 3.05) is 18.1 Å². The zero-order valence-corrected chi connectivity index (χ0v) is 13.0. The Bertz CT molecular complexity index is 579. The summed E-state index contributed by atoms with van der Waals surface area (Å²) in [5.41, 5.74) is 0.312. The summed E-state index contributed by atoms with van der Waals surface area (Å²) in [6.07, 6.45) is -1.54. The first-order chi connectivity index (χ1) is 9.26. The molecule has 20 heavy (non-hydrogen) atoms. The van der Waals surface area contributed by atoms with E-state index in [0.717, 1.165) is 0 Å². The third-order valence-electron chi connectivity index (χ3n) is 2.52. The number of amides is 1. The quantitative estimate of drug-likeness (QED) is 0.574. The molecule has 2 rings (SSSR count). The van der Waals surface area contributed by atoms with Gasteiger partial charge in [0.05, 0.1) is 18.8 Å². The van der Waals surface area contributed by atoms with Gasteiger partial charge in [0, 0.05) is 3.57 Å². The number of anilines is 1. The topological polar surface area (TPSA) is 96.3 Å². The summed E-state index contributed by atoms with van der Waals surface area (Å²) < 4.78 is 33.6. The van der Waals surface area contributed by atoms with Crippen LogP contribution in [0.1, 0.15) is 0 Å². The van der Waals surface area contributed by atoms with E-state index in [1.807, 2.05) is 22.6 Å². The highest BCUT2D eigenvalue weighted by molar-refractivity contribution is 14.1. The number of halogens is 2. The van der Waals surface area contributed by atoms with Gasteiger partial charge in [-0.1, -0.05) is 0 Å². The van der Waals surface area contributed by atoms with Crippen LogP contribution in [0.25, 0.3) is 0 Å². The lowest BCUT2D eigenvalue weighted by Gasteiger charge is -2.13. The highest BCUT2D eigenvalue weighted by Gasteiger charge is 2.34. The van der Waals surface area contributed by atoms with Crippen molar-refractivity contribution in [3.05, 3.63) is 27.6 Å². The molecule has 1 saturated heterocycles. The van der Waals surface area contributed by atoms with Crippen molar-refractivity contribution in [2.45, 2.75) is 6.10 Å². The fourth-order valence-corrected chi connectivity index (χ4v) is 2.35. The van der Waals surface area contributed by atoms with Gasteiger partial charge in [0.2, 0.25) is 0 Å². The molecule has 1 fully saturated rings. The zero-order chi connectivity index (χ0) is 14.9. The lowest BCUT2D eigenvalue weighted by molar-refractivity contribution is 0.0880. The Hall–Kier alpha value is -0.740. The number of carbonyl (C=O) groups excluding carboxylic acids is 1. The minimum Gasteiger partial charge on any atom is -0.441 e. The van der Waals surface area contributed by atoms with Crippen LogP contribution in [0.5, 0.6) is 0 Å². The Labute approximate surface area is 127 Å². The van der Waals surface area contributed by atoms with Gasteiger partial charge in [-0.2, -0.15) is 0 Å². The molecule has 2 N–H and O–H groups in total. The minimum atomic E-state index is -4.61. The number of hydrogen-bond donors (Lipinski definition) is 2. The van der Waals surface area contributed by atoms with Crippen LogP contribution in [0.3, 0.4) is 0 Å². The first-order valence-electron chi connectivity index (χ1n) is 5.39. The van der Waals surface area contributed by atoms with Crippen molar-refractivity contribution >= 4 is 42.2 Å². The van der Waals surface area contributed by atoms with Crippen LogP contribution in [0.4, 0.5) is 14.9 Å². The fourth-order valence-electron chi connectivity index (χ4n) is 1.65. The summed E-state index contributed by atoms with van der Waals surface area (Å²) in [4.78, 5) is 30.0. The van der Waals surface area contributed by atoms with Gasteiger partial charge in [0.1, 0.15) is 11.9 Å². The first kappa shape index (κ1) is 15.6. The highest BCUT2D eigenvalue weighted by atomic mass is 127. The molecule has 1 amide bonds. The average Bonchev–Trinajstić information content (AvgIpc) is 2.71. The van der Waals surface area contributed by atoms with Gasteiger partial charge >= 0.3 is 13.9 Å². The van der Waals surface area contributed by atoms with Crippen LogP contribution in [-0.4, -0.2) is 35.1 Å². The van der Waals surface area contributed by atoms with E-state index in [1.54, 1.807) is 6.07 Å². The number of ether oxygens (including phenoxy) is 1. The number of carbonyl (C=O) groups is 1. The van der Waals surface area contributed by atoms with E-state index in [9.17, 15) is 13.8 Å². The van der Waals surface area contributed by atoms with Crippen LogP contribution in [0, 0.1) is 9.39 Å². The molecular formula is C10H10FINO6P. The zero-order valence-electron chi connectivity index (χ0n) is 9.90. The second-order valence-electron chi connectivity index (χ2n) is 4.00. The fraction of sp³-hybridized carbons (Fsp3) is 0.300. The molecule has 1 heterocycles. The molecule has 0 spiro atoms. The standard InChI is InChI=1S/C10H10FINO6P/c11-8-3-6(1-2-9(8)12)13-4-7(19-10(13)14)5-18-20(15,16)17/h1-3,7H,4-5H2,(H2,15,16,17)/t7-/m1/s1. The van der Waals surface area contributed by atoms with Crippen molar-refractivity contribution in [2.24, 2.45) is 0 Å². The Morgan fingerprint density at radius 1 is 1.55 bits per heavy atom. The van der Waals surface area contributed by atoms with Gasteiger partial charge in [-0.05, 0) is 40.8 Å². The summed E-state index contributed by atoms with van der Waals surface area (Å²) >= 11 is 1.82. The Balaban J connectivity index is 2.05. The van der Waals surface area contributed by atoms with Crippen LogP contribution in [0.2, 0.25) is 0 Å². The Morgan fingerprint density at radius 2 is 2.25 bits per heavy atom. The van der Waals surface area contributed by atoms with Gasteiger partial charge in [-0.15, -0.1) is 0 Å². The molecule has 0 aromatic heterocycles. The lowest BCUT2D eigenvalue weighted by Crippen LogP contribution is -2.25. The van der Waals surface area contributed by atoms with Crippen molar-refractivity contribution in [1.82, 2.24) is 0 Å². The molecule has 0 aliphatic carbocycles. The smallest absolute Gasteiger partial charge is 0.441 e. The second-order valence-corrected chi connectivity index (χ2v) is 6.40. The third kappa shape index (κ3) is 3.89. The molecule has 0 radical (unpaired) electrons. The molecule has 0 unspecified atom stereocenters. The van der Waals surface area contributed by atoms with E-state index in [4.69, 9.17) is 14.5 Å². The predicted molar refractivity (Wildman–Crippen MR) is 74.7 cm³/mol. The molecule has 1 aromatic rings. The monoisotopic (exact) mass is 417 g/mol. The van der Waals surface area contributed by atoms with E-state index in [1.165, 1.54) is 17.0 Å². The number of hydrogen-bond acceptors (Lipinski definition) is 4. The lowest BCUT2D eigenvalue weighted by atomic mass is 10.2. The first-order valence-corrected chi connectivity index (χ1v) is 8.00. The summed E-state index contributed by atoms with van der Waals surface area (Å²) in [5.74, 6) is -0.467. The molecule has 1 aliphatic rings. The van der Waals surface area contributed by atoms with Gasteiger partial charge < -0.3 is 14.5 Å². The van der Waals surface area contributed by atoms with Gasteiger partial charge in [-0.3, -0.25) is 9.42 Å². The highest BCUT2D eigenvalue weighted by Crippen LogP contribution is 2.36. The molecule has 1 atom stereocenters. The molecule has 10 heteroatoms. The van der Waals surface area contributed by atoms with Crippen molar-refractivity contribution in [1.29, 1.82) is 0 Å². The number of phosphoric ester groups is 1. The number of benzene rings is 1. The Morgan fingerprint density at radius 3 is 2.85 bits per heavy atom. The van der Waals surface area contributed by atoms with Crippen LogP contribution in [0.15, 0.2) is 18.2 Å². The summed E-state index contributed by atoms with van der Waals surface area (Å²) in [6.45, 7) is -0.405. The maximum absolute atomic E-state index is 13.4. The largest absolute Gasteiger partial charge is 0.469 e. The summed E-state index contributed by atoms with van der Waals surface area (Å²) in [7, 11) is -4.61. The molecule has 1 aromatic carbocycles. The third-order valence-corrected chi connectivity index (χ3v) is 3.88. The van der Waals surface area contributed by atoms with Crippen molar-refractivity contribution < 1.29 is 32.8 Å². The van der Waals surface area contributed by atoms with E-state index >= 15 is 0 Å². The molecule has 1 aliphatic heterocycles.